The Kier molecular flexibility index (Phi) is 11.5. The lowest BCUT2D eigenvalue weighted by Crippen LogP contribution is -2.40. The Morgan fingerprint density at radius 2 is 1.93 bits per heavy atom. The van der Waals surface area contributed by atoms with Gasteiger partial charge in [0.15, 0.2) is 5.82 Å². The van der Waals surface area contributed by atoms with Crippen LogP contribution in [0.5, 0.6) is 5.88 Å². The predicted octanol–water partition coefficient (Wildman–Crippen LogP) is 7.61. The monoisotopic (exact) mass is 661 g/mol. The SMILES string of the molecule is C=C/C1=N\C(=C)NCCCCCC2CN(c3nc(-n4ccc(OCCC5(C(F)(F)F)CC5)n4)ccc3C(=O)NS1)C(C)(C)C2.CC. The molecule has 5 rings (SSSR count). The highest BCUT2D eigenvalue weighted by atomic mass is 32.2. The van der Waals surface area contributed by atoms with Gasteiger partial charge in [-0.05, 0) is 76.5 Å². The number of nitrogens with zero attached hydrogens (tertiary/aromatic N) is 5. The van der Waals surface area contributed by atoms with Crippen molar-refractivity contribution in [1.29, 1.82) is 0 Å². The Morgan fingerprint density at radius 1 is 1.17 bits per heavy atom. The predicted molar refractivity (Wildman–Crippen MR) is 178 cm³/mol. The number of aliphatic imine (C=N–C) groups is 1. The van der Waals surface area contributed by atoms with Crippen LogP contribution in [0.15, 0.2) is 54.4 Å². The fraction of sp³-hybridized carbons (Fsp3) is 0.576. The maximum Gasteiger partial charge on any atom is 0.394 e. The van der Waals surface area contributed by atoms with Crippen molar-refractivity contribution in [3.63, 3.8) is 0 Å². The molecule has 1 atom stereocenters. The molecule has 1 aliphatic carbocycles. The van der Waals surface area contributed by atoms with E-state index in [2.05, 4.69) is 52.0 Å². The van der Waals surface area contributed by atoms with E-state index >= 15 is 0 Å². The maximum atomic E-state index is 13.6. The second-order valence-electron chi connectivity index (χ2n) is 12.4. The van der Waals surface area contributed by atoms with Crippen molar-refractivity contribution >= 4 is 28.7 Å². The number of fused-ring (bicyclic) bond motifs is 4. The zero-order valence-electron chi connectivity index (χ0n) is 27.3. The molecule has 0 spiro atoms. The third-order valence-corrected chi connectivity index (χ3v) is 9.45. The largest absolute Gasteiger partial charge is 0.477 e. The molecule has 9 nitrogen and oxygen atoms in total. The third-order valence-electron chi connectivity index (χ3n) is 8.69. The van der Waals surface area contributed by atoms with Crippen molar-refractivity contribution in [2.45, 2.75) is 90.8 Å². The van der Waals surface area contributed by atoms with Gasteiger partial charge < -0.3 is 15.0 Å². The number of hydrogen-bond donors (Lipinski definition) is 2. The van der Waals surface area contributed by atoms with Gasteiger partial charge in [-0.3, -0.25) is 9.52 Å². The van der Waals surface area contributed by atoms with Gasteiger partial charge in [0.25, 0.3) is 5.91 Å². The summed E-state index contributed by atoms with van der Waals surface area (Å²) in [5.41, 5.74) is -1.46. The van der Waals surface area contributed by atoms with Gasteiger partial charge in [0, 0.05) is 42.8 Å². The van der Waals surface area contributed by atoms with E-state index in [1.54, 1.807) is 30.5 Å². The number of pyridine rings is 1. The van der Waals surface area contributed by atoms with E-state index in [0.717, 1.165) is 57.1 Å². The van der Waals surface area contributed by atoms with Crippen LogP contribution in [0.1, 0.15) is 89.4 Å². The lowest BCUT2D eigenvalue weighted by atomic mass is 9.92. The van der Waals surface area contributed by atoms with E-state index in [1.807, 2.05) is 13.8 Å². The van der Waals surface area contributed by atoms with Gasteiger partial charge in [-0.15, -0.1) is 5.10 Å². The molecule has 1 amide bonds. The summed E-state index contributed by atoms with van der Waals surface area (Å²) in [6, 6.07) is 5.02. The number of carbonyl (C=O) groups is 1. The van der Waals surface area contributed by atoms with Gasteiger partial charge in [-0.2, -0.15) is 13.2 Å². The van der Waals surface area contributed by atoms with Gasteiger partial charge in [-0.1, -0.05) is 39.8 Å². The first kappa shape index (κ1) is 35.4. The molecule has 4 heterocycles. The van der Waals surface area contributed by atoms with Gasteiger partial charge in [0.1, 0.15) is 16.7 Å². The molecule has 0 aromatic carbocycles. The van der Waals surface area contributed by atoms with Crippen molar-refractivity contribution in [3.05, 3.63) is 55.0 Å². The minimum absolute atomic E-state index is 0.0747. The van der Waals surface area contributed by atoms with Crippen molar-refractivity contribution in [2.24, 2.45) is 16.3 Å². The number of anilines is 1. The van der Waals surface area contributed by atoms with Gasteiger partial charge in [-0.25, -0.2) is 14.7 Å². The smallest absolute Gasteiger partial charge is 0.394 e. The number of nitrogens with one attached hydrogen (secondary N) is 2. The molecule has 1 unspecified atom stereocenters. The van der Waals surface area contributed by atoms with Crippen molar-refractivity contribution in [1.82, 2.24) is 24.8 Å². The average Bonchev–Trinajstić information content (AvgIpc) is 3.57. The molecule has 2 aromatic rings. The zero-order valence-corrected chi connectivity index (χ0v) is 28.1. The first-order valence-corrected chi connectivity index (χ1v) is 16.9. The highest BCUT2D eigenvalue weighted by Gasteiger charge is 2.62. The van der Waals surface area contributed by atoms with Crippen LogP contribution in [-0.2, 0) is 0 Å². The van der Waals surface area contributed by atoms with E-state index in [1.165, 1.54) is 4.68 Å². The Balaban J connectivity index is 0.00000235. The van der Waals surface area contributed by atoms with Crippen LogP contribution in [0.25, 0.3) is 5.82 Å². The fourth-order valence-electron chi connectivity index (χ4n) is 5.99. The Hall–Kier alpha value is -3.48. The van der Waals surface area contributed by atoms with Gasteiger partial charge >= 0.3 is 6.18 Å². The van der Waals surface area contributed by atoms with Crippen molar-refractivity contribution in [2.75, 3.05) is 24.6 Å². The first-order valence-electron chi connectivity index (χ1n) is 16.1. The first-order chi connectivity index (χ1) is 21.9. The molecular formula is C33H46F3N7O2S. The molecule has 3 aliphatic rings. The summed E-state index contributed by atoms with van der Waals surface area (Å²) in [4.78, 5) is 25.1. The number of aromatic nitrogens is 3. The molecule has 0 radical (unpaired) electrons. The van der Waals surface area contributed by atoms with Crippen LogP contribution >= 0.6 is 11.9 Å². The third kappa shape index (κ3) is 8.45. The molecule has 2 bridgehead atoms. The summed E-state index contributed by atoms with van der Waals surface area (Å²) in [6.45, 7) is 17.6. The normalized spacial score (nSPS) is 22.5. The number of ether oxygens (including phenoxy) is 1. The van der Waals surface area contributed by atoms with Crippen LogP contribution in [0.2, 0.25) is 0 Å². The Labute approximate surface area is 274 Å². The molecule has 252 valence electrons. The number of carbonyl (C=O) groups excluding carboxylic acids is 1. The number of halogens is 3. The zero-order chi connectivity index (χ0) is 33.5. The molecule has 1 saturated heterocycles. The molecule has 1 saturated carbocycles. The minimum Gasteiger partial charge on any atom is -0.477 e. The lowest BCUT2D eigenvalue weighted by molar-refractivity contribution is -0.190. The molecule has 2 aliphatic heterocycles. The molecule has 2 fully saturated rings. The molecule has 46 heavy (non-hydrogen) atoms. The minimum atomic E-state index is -4.22. The Bertz CT molecular complexity index is 1420. The Morgan fingerprint density at radius 3 is 2.63 bits per heavy atom. The topological polar surface area (TPSA) is 96.7 Å². The summed E-state index contributed by atoms with van der Waals surface area (Å²) in [5.74, 6) is 1.86. The van der Waals surface area contributed by atoms with Crippen LogP contribution in [0.3, 0.4) is 0 Å². The summed E-state index contributed by atoms with van der Waals surface area (Å²) in [6.07, 6.45) is 4.42. The summed E-state index contributed by atoms with van der Waals surface area (Å²) in [5, 5.41) is 8.14. The standard InChI is InChI=1S/C31H40F3N7O2S.C2H6/c1-5-26-36-21(2)35-16-8-6-7-9-22-19-29(3,4)40(20-22)27-23(28(42)39-44-26)10-11-24(37-27)41-17-12-25(38-41)43-18-15-30(13-14-30)31(32,33)34;1-2/h5,10-12,17,22,35H,1-2,6-9,13-16,18-20H2,3-4H3,(H,39,42);1-2H3/b36-26+;. The van der Waals surface area contributed by atoms with Gasteiger partial charge in [0.2, 0.25) is 5.88 Å². The summed E-state index contributed by atoms with van der Waals surface area (Å²) in [7, 11) is 0. The lowest BCUT2D eigenvalue weighted by Gasteiger charge is -2.34. The quantitative estimate of drug-likeness (QED) is 0.308. The highest BCUT2D eigenvalue weighted by molar-refractivity contribution is 8.13. The number of hydrogen-bond acceptors (Lipinski definition) is 8. The molecule has 2 aromatic heterocycles. The van der Waals surface area contributed by atoms with E-state index in [0.29, 0.717) is 34.0 Å². The number of rotatable bonds is 6. The van der Waals surface area contributed by atoms with E-state index in [9.17, 15) is 18.0 Å². The number of amides is 1. The van der Waals surface area contributed by atoms with Crippen LogP contribution in [0, 0.1) is 11.3 Å². The second kappa shape index (κ2) is 15.0. The maximum absolute atomic E-state index is 13.6. The van der Waals surface area contributed by atoms with E-state index < -0.39 is 11.6 Å². The van der Waals surface area contributed by atoms with Crippen molar-refractivity contribution < 1.29 is 22.7 Å². The molecule has 13 heteroatoms. The van der Waals surface area contributed by atoms with Crippen LogP contribution < -0.4 is 19.7 Å². The summed E-state index contributed by atoms with van der Waals surface area (Å²) < 4.78 is 49.8. The fourth-order valence-corrected chi connectivity index (χ4v) is 6.54. The van der Waals surface area contributed by atoms with E-state index in [-0.39, 0.29) is 43.2 Å². The van der Waals surface area contributed by atoms with Crippen LogP contribution in [-0.4, -0.2) is 57.1 Å². The molecule has 2 N–H and O–H groups in total. The van der Waals surface area contributed by atoms with E-state index in [4.69, 9.17) is 9.72 Å². The second-order valence-corrected chi connectivity index (χ2v) is 13.2. The summed E-state index contributed by atoms with van der Waals surface area (Å²) >= 11 is 1.06. The molecular weight excluding hydrogens is 615 g/mol. The highest BCUT2D eigenvalue weighted by Crippen LogP contribution is 2.59. The average molecular weight is 662 g/mol. The number of alkyl halides is 3. The van der Waals surface area contributed by atoms with Crippen LogP contribution in [0.4, 0.5) is 19.0 Å². The van der Waals surface area contributed by atoms with Crippen molar-refractivity contribution in [3.8, 4) is 11.7 Å². The van der Waals surface area contributed by atoms with Gasteiger partial charge in [0.05, 0.1) is 17.6 Å².